The number of fused-ring (bicyclic) bond motifs is 1. The smallest absolute Gasteiger partial charge is 0.248 e. The maximum Gasteiger partial charge on any atom is 0.248 e. The Hall–Kier alpha value is -3.80. The second-order valence-electron chi connectivity index (χ2n) is 9.22. The first kappa shape index (κ1) is 22.0. The number of nitrogens with one attached hydrogen (secondary N) is 1. The first-order valence-electron chi connectivity index (χ1n) is 12.0. The van der Waals surface area contributed by atoms with E-state index < -0.39 is 5.91 Å². The van der Waals surface area contributed by atoms with E-state index in [1.807, 2.05) is 30.5 Å². The Morgan fingerprint density at radius 2 is 1.79 bits per heavy atom. The van der Waals surface area contributed by atoms with Gasteiger partial charge in [0.2, 0.25) is 5.91 Å². The molecule has 1 amide bonds. The van der Waals surface area contributed by atoms with Gasteiger partial charge in [-0.15, -0.1) is 0 Å². The minimum atomic E-state index is -0.462. The molecule has 1 heterocycles. The number of carbonyl (C=O) groups excluding carboxylic acids is 1. The van der Waals surface area contributed by atoms with Crippen LogP contribution in [-0.4, -0.2) is 18.2 Å². The molecule has 1 fully saturated rings. The second-order valence-corrected chi connectivity index (χ2v) is 9.22. The Bertz CT molecular complexity index is 1200. The van der Waals surface area contributed by atoms with E-state index >= 15 is 0 Å². The van der Waals surface area contributed by atoms with E-state index in [4.69, 9.17) is 16.5 Å². The fraction of sp³-hybridized carbons (Fsp3) is 0.286. The number of nitrogens with zero attached hydrogens (tertiary/aromatic N) is 2. The lowest BCUT2D eigenvalue weighted by Crippen LogP contribution is -2.37. The van der Waals surface area contributed by atoms with Gasteiger partial charge in [0, 0.05) is 24.4 Å². The van der Waals surface area contributed by atoms with Gasteiger partial charge < -0.3 is 21.7 Å². The summed E-state index contributed by atoms with van der Waals surface area (Å²) < 4.78 is 0. The third-order valence-electron chi connectivity index (χ3n) is 6.88. The molecule has 1 unspecified atom stereocenters. The van der Waals surface area contributed by atoms with Crippen molar-refractivity contribution in [1.82, 2.24) is 0 Å². The lowest BCUT2D eigenvalue weighted by atomic mass is 9.93. The van der Waals surface area contributed by atoms with E-state index in [-0.39, 0.29) is 6.04 Å². The molecule has 174 valence electrons. The number of hydrogen-bond donors (Lipinski definition) is 3. The fourth-order valence-corrected chi connectivity index (χ4v) is 5.06. The largest absolute Gasteiger partial charge is 0.397 e. The van der Waals surface area contributed by atoms with Gasteiger partial charge >= 0.3 is 0 Å². The van der Waals surface area contributed by atoms with Crippen LogP contribution in [0.4, 0.5) is 22.7 Å². The Morgan fingerprint density at radius 3 is 2.53 bits per heavy atom. The number of benzene rings is 3. The predicted molar refractivity (Wildman–Crippen MR) is 140 cm³/mol. The molecule has 0 radical (unpaired) electrons. The van der Waals surface area contributed by atoms with Crippen molar-refractivity contribution in [1.29, 1.82) is 0 Å². The molecule has 1 saturated carbocycles. The van der Waals surface area contributed by atoms with E-state index in [9.17, 15) is 4.79 Å². The van der Waals surface area contributed by atoms with Gasteiger partial charge in [-0.05, 0) is 54.3 Å². The zero-order chi connectivity index (χ0) is 23.5. The molecule has 5 N–H and O–H groups in total. The van der Waals surface area contributed by atoms with Crippen molar-refractivity contribution in [3.8, 4) is 0 Å². The standard InChI is InChI=1S/C28H31N5O/c29-23-16-21(28(30)34)12-14-27(23)33(22-9-5-2-6-10-22)18-19-11-13-24-25(15-19)31-17-26(32-24)20-7-3-1-4-8-20/h1,3-4,7-8,11-17,22,26,32H,2,5-6,9-10,18,29H2,(H2,30,34). The molecule has 0 spiro atoms. The van der Waals surface area contributed by atoms with Gasteiger partial charge in [0.15, 0.2) is 0 Å². The highest BCUT2D eigenvalue weighted by Crippen LogP contribution is 2.36. The molecular weight excluding hydrogens is 422 g/mol. The zero-order valence-electron chi connectivity index (χ0n) is 19.3. The maximum atomic E-state index is 11.6. The molecule has 2 aliphatic rings. The number of nitrogen functional groups attached to an aromatic ring is 1. The highest BCUT2D eigenvalue weighted by atomic mass is 16.1. The van der Waals surface area contributed by atoms with Crippen LogP contribution in [0.2, 0.25) is 0 Å². The van der Waals surface area contributed by atoms with E-state index in [0.717, 1.165) is 36.4 Å². The predicted octanol–water partition coefficient (Wildman–Crippen LogP) is 5.58. The summed E-state index contributed by atoms with van der Waals surface area (Å²) in [5.74, 6) is -0.462. The summed E-state index contributed by atoms with van der Waals surface area (Å²) in [7, 11) is 0. The van der Waals surface area contributed by atoms with Crippen molar-refractivity contribution in [2.24, 2.45) is 10.7 Å². The minimum Gasteiger partial charge on any atom is -0.397 e. The number of aliphatic imine (C=N–C) groups is 1. The molecule has 5 rings (SSSR count). The molecule has 0 aromatic heterocycles. The summed E-state index contributed by atoms with van der Waals surface area (Å²) in [5.41, 5.74) is 18.2. The summed E-state index contributed by atoms with van der Waals surface area (Å²) in [6.07, 6.45) is 7.98. The quantitative estimate of drug-likeness (QED) is 0.425. The number of primary amides is 1. The molecule has 0 saturated heterocycles. The average molecular weight is 454 g/mol. The Morgan fingerprint density at radius 1 is 1.00 bits per heavy atom. The molecule has 1 aliphatic carbocycles. The Kier molecular flexibility index (Phi) is 6.21. The van der Waals surface area contributed by atoms with Crippen LogP contribution in [0.3, 0.4) is 0 Å². The number of hydrogen-bond acceptors (Lipinski definition) is 5. The molecule has 6 nitrogen and oxygen atoms in total. The summed E-state index contributed by atoms with van der Waals surface area (Å²) in [4.78, 5) is 18.8. The lowest BCUT2D eigenvalue weighted by Gasteiger charge is -2.37. The van der Waals surface area contributed by atoms with Crippen molar-refractivity contribution in [3.63, 3.8) is 0 Å². The Labute approximate surface area is 200 Å². The molecule has 6 heteroatoms. The number of anilines is 3. The van der Waals surface area contributed by atoms with E-state index in [1.165, 1.54) is 30.4 Å². The molecule has 1 aliphatic heterocycles. The lowest BCUT2D eigenvalue weighted by molar-refractivity contribution is 0.100. The van der Waals surface area contributed by atoms with Gasteiger partial charge in [0.1, 0.15) is 0 Å². The first-order chi connectivity index (χ1) is 16.6. The maximum absolute atomic E-state index is 11.6. The normalized spacial score (nSPS) is 17.6. The zero-order valence-corrected chi connectivity index (χ0v) is 19.3. The van der Waals surface area contributed by atoms with Crippen molar-refractivity contribution in [2.45, 2.75) is 50.7 Å². The topological polar surface area (TPSA) is 96.7 Å². The van der Waals surface area contributed by atoms with Crippen molar-refractivity contribution in [2.75, 3.05) is 16.0 Å². The highest BCUT2D eigenvalue weighted by molar-refractivity contribution is 5.95. The molecule has 3 aromatic rings. The van der Waals surface area contributed by atoms with Crippen molar-refractivity contribution in [3.05, 3.63) is 83.4 Å². The molecule has 0 bridgehead atoms. The third kappa shape index (κ3) is 4.62. The van der Waals surface area contributed by atoms with Gasteiger partial charge in [-0.2, -0.15) is 0 Å². The molecule has 1 atom stereocenters. The third-order valence-corrected chi connectivity index (χ3v) is 6.88. The summed E-state index contributed by atoms with van der Waals surface area (Å²) in [5, 5.41) is 3.59. The Balaban J connectivity index is 1.41. The summed E-state index contributed by atoms with van der Waals surface area (Å²) in [6.45, 7) is 0.732. The van der Waals surface area contributed by atoms with Crippen LogP contribution in [0.25, 0.3) is 0 Å². The fourth-order valence-electron chi connectivity index (χ4n) is 5.06. The minimum absolute atomic E-state index is 0.0712. The molecular formula is C28H31N5O. The van der Waals surface area contributed by atoms with Crippen LogP contribution in [-0.2, 0) is 6.54 Å². The van der Waals surface area contributed by atoms with Crippen LogP contribution in [0, 0.1) is 0 Å². The summed E-state index contributed by atoms with van der Waals surface area (Å²) in [6, 6.07) is 22.7. The second kappa shape index (κ2) is 9.59. The van der Waals surface area contributed by atoms with Gasteiger partial charge in [0.05, 0.1) is 28.8 Å². The van der Waals surface area contributed by atoms with E-state index in [2.05, 4.69) is 40.5 Å². The SMILES string of the molecule is NC(=O)c1ccc(N(Cc2ccc3c(c2)N=CC(c2ccccc2)N3)C2CCCCC2)c(N)c1. The number of rotatable bonds is 6. The van der Waals surface area contributed by atoms with Crippen LogP contribution in [0.1, 0.15) is 59.6 Å². The van der Waals surface area contributed by atoms with Crippen LogP contribution >= 0.6 is 0 Å². The average Bonchev–Trinajstić information content (AvgIpc) is 2.88. The van der Waals surface area contributed by atoms with Gasteiger partial charge in [-0.25, -0.2) is 0 Å². The first-order valence-corrected chi connectivity index (χ1v) is 12.0. The van der Waals surface area contributed by atoms with Gasteiger partial charge in [-0.3, -0.25) is 9.79 Å². The van der Waals surface area contributed by atoms with Gasteiger partial charge in [0.25, 0.3) is 0 Å². The summed E-state index contributed by atoms with van der Waals surface area (Å²) >= 11 is 0. The van der Waals surface area contributed by atoms with E-state index in [1.54, 1.807) is 12.1 Å². The number of nitrogens with two attached hydrogens (primary N) is 2. The number of amides is 1. The highest BCUT2D eigenvalue weighted by Gasteiger charge is 2.24. The number of carbonyl (C=O) groups is 1. The van der Waals surface area contributed by atoms with Gasteiger partial charge in [-0.1, -0.05) is 55.7 Å². The van der Waals surface area contributed by atoms with E-state index in [0.29, 0.717) is 17.3 Å². The van der Waals surface area contributed by atoms with Crippen LogP contribution in [0.15, 0.2) is 71.7 Å². The van der Waals surface area contributed by atoms with Crippen molar-refractivity contribution < 1.29 is 4.79 Å². The van der Waals surface area contributed by atoms with Crippen LogP contribution < -0.4 is 21.7 Å². The van der Waals surface area contributed by atoms with Crippen molar-refractivity contribution >= 4 is 34.9 Å². The monoisotopic (exact) mass is 453 g/mol. The van der Waals surface area contributed by atoms with Crippen LogP contribution in [0.5, 0.6) is 0 Å². The molecule has 3 aromatic carbocycles. The molecule has 34 heavy (non-hydrogen) atoms.